The van der Waals surface area contributed by atoms with Crippen molar-refractivity contribution in [3.05, 3.63) is 29.0 Å². The lowest BCUT2D eigenvalue weighted by Crippen LogP contribution is -2.17. The van der Waals surface area contributed by atoms with E-state index in [4.69, 9.17) is 11.6 Å². The van der Waals surface area contributed by atoms with Gasteiger partial charge in [0.25, 0.3) is 0 Å². The molecule has 2 N–H and O–H groups in total. The molecular formula is C8H11ClN2O. The summed E-state index contributed by atoms with van der Waals surface area (Å²) in [6.07, 6.45) is 0.991. The number of nitrogens with one attached hydrogen (secondary N) is 1. The van der Waals surface area contributed by atoms with Gasteiger partial charge in [-0.05, 0) is 19.2 Å². The number of likely N-dealkylation sites (N-methyl/N-ethyl adjacent to an activating group) is 1. The topological polar surface area (TPSA) is 45.1 Å². The Morgan fingerprint density at radius 1 is 1.75 bits per heavy atom. The third-order valence-corrected chi connectivity index (χ3v) is 1.72. The monoisotopic (exact) mass is 186 g/mol. The van der Waals surface area contributed by atoms with E-state index in [1.165, 1.54) is 0 Å². The molecule has 0 aliphatic carbocycles. The molecule has 0 saturated heterocycles. The second-order valence-corrected chi connectivity index (χ2v) is 2.91. The lowest BCUT2D eigenvalue weighted by atomic mass is 10.2. The van der Waals surface area contributed by atoms with E-state index in [0.29, 0.717) is 17.3 Å². The SMILES string of the molecule is CNCC(O)c1cc(Cl)ccn1. The fraction of sp³-hybridized carbons (Fsp3) is 0.375. The number of hydrogen-bond donors (Lipinski definition) is 2. The molecular weight excluding hydrogens is 176 g/mol. The van der Waals surface area contributed by atoms with Gasteiger partial charge in [-0.1, -0.05) is 11.6 Å². The maximum absolute atomic E-state index is 9.46. The van der Waals surface area contributed by atoms with E-state index >= 15 is 0 Å². The quantitative estimate of drug-likeness (QED) is 0.740. The molecule has 12 heavy (non-hydrogen) atoms. The van der Waals surface area contributed by atoms with Gasteiger partial charge in [-0.3, -0.25) is 4.98 Å². The van der Waals surface area contributed by atoms with Crippen molar-refractivity contribution in [2.75, 3.05) is 13.6 Å². The Labute approximate surface area is 76.4 Å². The number of nitrogens with zero attached hydrogens (tertiary/aromatic N) is 1. The first-order valence-electron chi connectivity index (χ1n) is 3.68. The zero-order valence-electron chi connectivity index (χ0n) is 6.79. The third-order valence-electron chi connectivity index (χ3n) is 1.48. The van der Waals surface area contributed by atoms with E-state index in [1.54, 1.807) is 25.4 Å². The number of aromatic nitrogens is 1. The van der Waals surface area contributed by atoms with Crippen LogP contribution in [0.25, 0.3) is 0 Å². The standard InChI is InChI=1S/C8H11ClN2O/c1-10-5-8(12)7-4-6(9)2-3-11-7/h2-4,8,10,12H,5H2,1H3. The Bertz CT molecular complexity index is 255. The summed E-state index contributed by atoms with van der Waals surface area (Å²) in [4.78, 5) is 3.98. The number of halogens is 1. The van der Waals surface area contributed by atoms with E-state index in [-0.39, 0.29) is 0 Å². The molecule has 0 bridgehead atoms. The van der Waals surface area contributed by atoms with Crippen LogP contribution >= 0.6 is 11.6 Å². The average Bonchev–Trinajstić information content (AvgIpc) is 2.05. The molecule has 1 unspecified atom stereocenters. The molecule has 1 aromatic rings. The van der Waals surface area contributed by atoms with Crippen LogP contribution in [0.15, 0.2) is 18.3 Å². The van der Waals surface area contributed by atoms with Gasteiger partial charge in [-0.2, -0.15) is 0 Å². The minimum atomic E-state index is -0.589. The summed E-state index contributed by atoms with van der Waals surface area (Å²) < 4.78 is 0. The van der Waals surface area contributed by atoms with Gasteiger partial charge in [0.15, 0.2) is 0 Å². The fourth-order valence-electron chi connectivity index (χ4n) is 0.901. The summed E-state index contributed by atoms with van der Waals surface area (Å²) in [5.74, 6) is 0. The number of hydrogen-bond acceptors (Lipinski definition) is 3. The minimum absolute atomic E-state index is 0.480. The highest BCUT2D eigenvalue weighted by Crippen LogP contribution is 2.13. The van der Waals surface area contributed by atoms with Gasteiger partial charge >= 0.3 is 0 Å². The molecule has 1 atom stereocenters. The third kappa shape index (κ3) is 2.44. The molecule has 1 aromatic heterocycles. The zero-order chi connectivity index (χ0) is 8.97. The van der Waals surface area contributed by atoms with Gasteiger partial charge in [-0.15, -0.1) is 0 Å². The molecule has 0 spiro atoms. The van der Waals surface area contributed by atoms with Gasteiger partial charge in [0.05, 0.1) is 5.69 Å². The summed E-state index contributed by atoms with van der Waals surface area (Å²) in [6, 6.07) is 3.33. The first-order chi connectivity index (χ1) is 5.74. The number of pyridine rings is 1. The number of rotatable bonds is 3. The molecule has 1 rings (SSSR count). The van der Waals surface area contributed by atoms with Crippen LogP contribution in [0.1, 0.15) is 11.8 Å². The normalized spacial score (nSPS) is 12.9. The van der Waals surface area contributed by atoms with Crippen molar-refractivity contribution < 1.29 is 5.11 Å². The molecule has 0 aliphatic heterocycles. The summed E-state index contributed by atoms with van der Waals surface area (Å²) in [6.45, 7) is 0.480. The molecule has 0 aromatic carbocycles. The van der Waals surface area contributed by atoms with E-state index in [0.717, 1.165) is 0 Å². The second kappa shape index (κ2) is 4.40. The predicted octanol–water partition coefficient (Wildman–Crippen LogP) is 0.988. The smallest absolute Gasteiger partial charge is 0.108 e. The predicted molar refractivity (Wildman–Crippen MR) is 48.1 cm³/mol. The lowest BCUT2D eigenvalue weighted by Gasteiger charge is -2.08. The average molecular weight is 187 g/mol. The molecule has 66 valence electrons. The molecule has 1 heterocycles. The molecule has 0 aliphatic rings. The Balaban J connectivity index is 2.73. The van der Waals surface area contributed by atoms with E-state index in [2.05, 4.69) is 10.3 Å². The number of aliphatic hydroxyl groups excluding tert-OH is 1. The van der Waals surface area contributed by atoms with Crippen LogP contribution in [0.2, 0.25) is 5.02 Å². The number of aliphatic hydroxyl groups is 1. The minimum Gasteiger partial charge on any atom is -0.385 e. The van der Waals surface area contributed by atoms with Crippen LogP contribution in [-0.4, -0.2) is 23.7 Å². The molecule has 4 heteroatoms. The first-order valence-corrected chi connectivity index (χ1v) is 4.06. The zero-order valence-corrected chi connectivity index (χ0v) is 7.54. The van der Waals surface area contributed by atoms with E-state index in [9.17, 15) is 5.11 Å². The highest BCUT2D eigenvalue weighted by atomic mass is 35.5. The van der Waals surface area contributed by atoms with Crippen LogP contribution in [0.4, 0.5) is 0 Å². The van der Waals surface area contributed by atoms with Gasteiger partial charge in [-0.25, -0.2) is 0 Å². The Hall–Kier alpha value is -0.640. The summed E-state index contributed by atoms with van der Waals surface area (Å²) in [7, 11) is 1.77. The summed E-state index contributed by atoms with van der Waals surface area (Å²) in [5.41, 5.74) is 0.594. The van der Waals surface area contributed by atoms with Crippen LogP contribution < -0.4 is 5.32 Å². The largest absolute Gasteiger partial charge is 0.385 e. The highest BCUT2D eigenvalue weighted by molar-refractivity contribution is 6.30. The van der Waals surface area contributed by atoms with Crippen molar-refractivity contribution in [2.24, 2.45) is 0 Å². The van der Waals surface area contributed by atoms with Crippen molar-refractivity contribution in [3.63, 3.8) is 0 Å². The van der Waals surface area contributed by atoms with Gasteiger partial charge in [0.1, 0.15) is 6.10 Å². The summed E-state index contributed by atoms with van der Waals surface area (Å²) >= 11 is 5.72. The Kier molecular flexibility index (Phi) is 3.47. The van der Waals surface area contributed by atoms with E-state index in [1.807, 2.05) is 0 Å². The van der Waals surface area contributed by atoms with Gasteiger partial charge in [0, 0.05) is 17.8 Å². The molecule has 3 nitrogen and oxygen atoms in total. The first kappa shape index (κ1) is 9.45. The molecule has 0 fully saturated rings. The second-order valence-electron chi connectivity index (χ2n) is 2.47. The van der Waals surface area contributed by atoms with Crippen molar-refractivity contribution >= 4 is 11.6 Å². The maximum Gasteiger partial charge on any atom is 0.108 e. The van der Waals surface area contributed by atoms with Crippen molar-refractivity contribution in [1.82, 2.24) is 10.3 Å². The Morgan fingerprint density at radius 2 is 2.50 bits per heavy atom. The maximum atomic E-state index is 9.46. The van der Waals surface area contributed by atoms with Crippen molar-refractivity contribution in [2.45, 2.75) is 6.10 Å². The molecule has 0 radical (unpaired) electrons. The molecule has 0 amide bonds. The Morgan fingerprint density at radius 3 is 3.08 bits per heavy atom. The van der Waals surface area contributed by atoms with Crippen LogP contribution in [0.5, 0.6) is 0 Å². The molecule has 0 saturated carbocycles. The van der Waals surface area contributed by atoms with Crippen LogP contribution in [0, 0.1) is 0 Å². The van der Waals surface area contributed by atoms with Crippen molar-refractivity contribution in [1.29, 1.82) is 0 Å². The lowest BCUT2D eigenvalue weighted by molar-refractivity contribution is 0.173. The van der Waals surface area contributed by atoms with E-state index < -0.39 is 6.10 Å². The van der Waals surface area contributed by atoms with Gasteiger partial charge < -0.3 is 10.4 Å². The van der Waals surface area contributed by atoms with Gasteiger partial charge in [0.2, 0.25) is 0 Å². The summed E-state index contributed by atoms with van der Waals surface area (Å²) in [5, 5.41) is 12.9. The highest BCUT2D eigenvalue weighted by Gasteiger charge is 2.06. The van der Waals surface area contributed by atoms with Crippen LogP contribution in [-0.2, 0) is 0 Å². The fourth-order valence-corrected chi connectivity index (χ4v) is 1.07. The van der Waals surface area contributed by atoms with Crippen molar-refractivity contribution in [3.8, 4) is 0 Å². The van der Waals surface area contributed by atoms with Crippen LogP contribution in [0.3, 0.4) is 0 Å².